The van der Waals surface area contributed by atoms with Crippen molar-refractivity contribution < 1.29 is 13.5 Å². The van der Waals surface area contributed by atoms with Crippen LogP contribution >= 0.6 is 0 Å². The van der Waals surface area contributed by atoms with E-state index in [-0.39, 0.29) is 23.7 Å². The van der Waals surface area contributed by atoms with Crippen LogP contribution < -0.4 is 4.72 Å². The zero-order chi connectivity index (χ0) is 12.1. The van der Waals surface area contributed by atoms with Crippen LogP contribution in [0.15, 0.2) is 0 Å². The van der Waals surface area contributed by atoms with Crippen molar-refractivity contribution in [2.45, 2.75) is 34.1 Å². The number of hydrogen-bond acceptors (Lipinski definition) is 3. The minimum Gasteiger partial charge on any atom is -0.396 e. The first-order valence-electron chi connectivity index (χ1n) is 5.24. The number of aliphatic hydroxyl groups excluding tert-OH is 1. The van der Waals surface area contributed by atoms with Crippen LogP contribution in [0.2, 0.25) is 0 Å². The lowest BCUT2D eigenvalue weighted by atomic mass is 9.94. The van der Waals surface area contributed by atoms with Crippen molar-refractivity contribution >= 4 is 10.0 Å². The highest BCUT2D eigenvalue weighted by molar-refractivity contribution is 7.89. The molecule has 0 rings (SSSR count). The van der Waals surface area contributed by atoms with E-state index in [1.165, 1.54) is 0 Å². The predicted molar refractivity (Wildman–Crippen MR) is 62.1 cm³/mol. The molecule has 92 valence electrons. The average molecular weight is 237 g/mol. The molecule has 0 aromatic carbocycles. The van der Waals surface area contributed by atoms with Crippen molar-refractivity contribution in [3.63, 3.8) is 0 Å². The molecule has 0 aliphatic carbocycles. The van der Waals surface area contributed by atoms with Gasteiger partial charge in [0.25, 0.3) is 0 Å². The minimum absolute atomic E-state index is 0.00178. The van der Waals surface area contributed by atoms with Gasteiger partial charge in [0.05, 0.1) is 5.75 Å². The van der Waals surface area contributed by atoms with Crippen molar-refractivity contribution in [1.82, 2.24) is 4.72 Å². The molecule has 0 heterocycles. The second kappa shape index (κ2) is 5.82. The Bertz CT molecular complexity index is 267. The molecule has 0 radical (unpaired) electrons. The van der Waals surface area contributed by atoms with Crippen LogP contribution in [-0.4, -0.2) is 32.4 Å². The van der Waals surface area contributed by atoms with E-state index in [1.54, 1.807) is 6.92 Å². The molecule has 0 saturated carbocycles. The average Bonchev–Trinajstić information content (AvgIpc) is 2.10. The van der Waals surface area contributed by atoms with Gasteiger partial charge in [-0.1, -0.05) is 27.7 Å². The van der Waals surface area contributed by atoms with Gasteiger partial charge in [0, 0.05) is 13.2 Å². The van der Waals surface area contributed by atoms with Gasteiger partial charge in [-0.15, -0.1) is 0 Å². The summed E-state index contributed by atoms with van der Waals surface area (Å²) in [4.78, 5) is 0. The van der Waals surface area contributed by atoms with Crippen molar-refractivity contribution in [2.75, 3.05) is 18.9 Å². The zero-order valence-corrected chi connectivity index (χ0v) is 10.9. The molecule has 2 N–H and O–H groups in total. The standard InChI is InChI=1S/C10H23NO3S/c1-9(8-12)7-11-15(13,14)6-5-10(2,3)4/h9,11-12H,5-8H2,1-4H3. The summed E-state index contributed by atoms with van der Waals surface area (Å²) < 4.78 is 25.5. The second-order valence-electron chi connectivity index (χ2n) is 5.27. The van der Waals surface area contributed by atoms with E-state index in [1.807, 2.05) is 20.8 Å². The van der Waals surface area contributed by atoms with Crippen LogP contribution in [0.3, 0.4) is 0 Å². The molecule has 0 aromatic heterocycles. The lowest BCUT2D eigenvalue weighted by molar-refractivity contribution is 0.238. The Balaban J connectivity index is 3.99. The summed E-state index contributed by atoms with van der Waals surface area (Å²) in [5.74, 6) is 0.115. The topological polar surface area (TPSA) is 66.4 Å². The fraction of sp³-hybridized carbons (Fsp3) is 1.00. The van der Waals surface area contributed by atoms with E-state index in [0.717, 1.165) is 0 Å². The molecule has 1 atom stereocenters. The zero-order valence-electron chi connectivity index (χ0n) is 10.1. The third-order valence-electron chi connectivity index (χ3n) is 2.08. The minimum atomic E-state index is -3.18. The monoisotopic (exact) mass is 237 g/mol. The summed E-state index contributed by atoms with van der Waals surface area (Å²) in [5.41, 5.74) is 0.0251. The maximum absolute atomic E-state index is 11.5. The van der Waals surface area contributed by atoms with E-state index < -0.39 is 10.0 Å². The first-order valence-corrected chi connectivity index (χ1v) is 6.90. The first kappa shape index (κ1) is 14.9. The molecule has 0 spiro atoms. The van der Waals surface area contributed by atoms with Crippen LogP contribution in [-0.2, 0) is 10.0 Å². The Morgan fingerprint density at radius 1 is 1.33 bits per heavy atom. The third kappa shape index (κ3) is 8.84. The SMILES string of the molecule is CC(CO)CNS(=O)(=O)CCC(C)(C)C. The summed E-state index contributed by atoms with van der Waals surface area (Å²) >= 11 is 0. The third-order valence-corrected chi connectivity index (χ3v) is 3.43. The Morgan fingerprint density at radius 2 is 1.87 bits per heavy atom. The van der Waals surface area contributed by atoms with Gasteiger partial charge in [-0.3, -0.25) is 0 Å². The smallest absolute Gasteiger partial charge is 0.211 e. The van der Waals surface area contributed by atoms with Gasteiger partial charge in [-0.2, -0.15) is 0 Å². The molecule has 0 aromatic rings. The van der Waals surface area contributed by atoms with Crippen LogP contribution in [0, 0.1) is 11.3 Å². The van der Waals surface area contributed by atoms with Gasteiger partial charge in [0.1, 0.15) is 0 Å². The normalized spacial score (nSPS) is 15.3. The Hall–Kier alpha value is -0.130. The summed E-state index contributed by atoms with van der Waals surface area (Å²) in [7, 11) is -3.18. The van der Waals surface area contributed by atoms with Crippen LogP contribution in [0.4, 0.5) is 0 Å². The highest BCUT2D eigenvalue weighted by Gasteiger charge is 2.17. The number of nitrogens with one attached hydrogen (secondary N) is 1. The molecule has 1 unspecified atom stereocenters. The van der Waals surface area contributed by atoms with Gasteiger partial charge >= 0.3 is 0 Å². The molecular weight excluding hydrogens is 214 g/mol. The lowest BCUT2D eigenvalue weighted by Gasteiger charge is -2.18. The fourth-order valence-electron chi connectivity index (χ4n) is 0.846. The molecule has 0 amide bonds. The Labute approximate surface area is 93.1 Å². The summed E-state index contributed by atoms with van der Waals surface area (Å²) in [6.45, 7) is 8.15. The van der Waals surface area contributed by atoms with E-state index >= 15 is 0 Å². The maximum atomic E-state index is 11.5. The molecule has 5 heteroatoms. The van der Waals surface area contributed by atoms with Crippen LogP contribution in [0.25, 0.3) is 0 Å². The van der Waals surface area contributed by atoms with Crippen LogP contribution in [0.1, 0.15) is 34.1 Å². The highest BCUT2D eigenvalue weighted by atomic mass is 32.2. The Morgan fingerprint density at radius 3 is 2.27 bits per heavy atom. The van der Waals surface area contributed by atoms with Gasteiger partial charge in [-0.05, 0) is 17.8 Å². The van der Waals surface area contributed by atoms with E-state index in [9.17, 15) is 8.42 Å². The summed E-state index contributed by atoms with van der Waals surface area (Å²) in [6.07, 6.45) is 0.635. The number of rotatable bonds is 6. The van der Waals surface area contributed by atoms with Crippen LogP contribution in [0.5, 0.6) is 0 Å². The van der Waals surface area contributed by atoms with Gasteiger partial charge in [-0.25, -0.2) is 13.1 Å². The molecule has 15 heavy (non-hydrogen) atoms. The van der Waals surface area contributed by atoms with Crippen molar-refractivity contribution in [1.29, 1.82) is 0 Å². The van der Waals surface area contributed by atoms with E-state index in [0.29, 0.717) is 13.0 Å². The maximum Gasteiger partial charge on any atom is 0.211 e. The summed E-state index contributed by atoms with van der Waals surface area (Å²) in [5, 5.41) is 8.76. The van der Waals surface area contributed by atoms with Gasteiger partial charge in [0.15, 0.2) is 0 Å². The fourth-order valence-corrected chi connectivity index (χ4v) is 2.41. The highest BCUT2D eigenvalue weighted by Crippen LogP contribution is 2.18. The van der Waals surface area contributed by atoms with Crippen molar-refractivity contribution in [2.24, 2.45) is 11.3 Å². The number of hydrogen-bond donors (Lipinski definition) is 2. The Kier molecular flexibility index (Phi) is 5.77. The first-order chi connectivity index (χ1) is 6.66. The largest absolute Gasteiger partial charge is 0.396 e. The lowest BCUT2D eigenvalue weighted by Crippen LogP contribution is -2.32. The molecule has 0 aliphatic heterocycles. The van der Waals surface area contributed by atoms with Crippen molar-refractivity contribution in [3.05, 3.63) is 0 Å². The molecule has 0 fully saturated rings. The molecular formula is C10H23NO3S. The molecule has 0 aliphatic rings. The molecule has 4 nitrogen and oxygen atoms in total. The quantitative estimate of drug-likeness (QED) is 0.723. The number of sulfonamides is 1. The van der Waals surface area contributed by atoms with E-state index in [2.05, 4.69) is 4.72 Å². The summed E-state index contributed by atoms with van der Waals surface area (Å²) in [6, 6.07) is 0. The van der Waals surface area contributed by atoms with Gasteiger partial charge in [0.2, 0.25) is 10.0 Å². The molecule has 0 saturated heterocycles. The van der Waals surface area contributed by atoms with Crippen molar-refractivity contribution in [3.8, 4) is 0 Å². The predicted octanol–water partition coefficient (Wildman–Crippen LogP) is 0.970. The van der Waals surface area contributed by atoms with Gasteiger partial charge < -0.3 is 5.11 Å². The van der Waals surface area contributed by atoms with E-state index in [4.69, 9.17) is 5.11 Å². The second-order valence-corrected chi connectivity index (χ2v) is 7.19. The molecule has 0 bridgehead atoms. The number of aliphatic hydroxyl groups is 1.